The van der Waals surface area contributed by atoms with Crippen LogP contribution in [0, 0.1) is 0 Å². The molecule has 7 heteroatoms. The van der Waals surface area contributed by atoms with E-state index >= 15 is 0 Å². The van der Waals surface area contributed by atoms with E-state index in [9.17, 15) is 14.4 Å². The van der Waals surface area contributed by atoms with Crippen molar-refractivity contribution in [3.8, 4) is 11.5 Å². The third-order valence-electron chi connectivity index (χ3n) is 5.35. The van der Waals surface area contributed by atoms with Crippen molar-refractivity contribution in [3.05, 3.63) is 82.9 Å². The van der Waals surface area contributed by atoms with Crippen molar-refractivity contribution < 1.29 is 23.9 Å². The van der Waals surface area contributed by atoms with Crippen LogP contribution in [0.5, 0.6) is 11.5 Å². The Labute approximate surface area is 178 Å². The monoisotopic (exact) mass is 414 g/mol. The number of amides is 2. The molecule has 154 valence electrons. The molecule has 0 bridgehead atoms. The van der Waals surface area contributed by atoms with Crippen molar-refractivity contribution in [2.24, 2.45) is 0 Å². The number of esters is 1. The Bertz CT molecular complexity index is 1220. The molecule has 2 aliphatic heterocycles. The van der Waals surface area contributed by atoms with Crippen molar-refractivity contribution >= 4 is 29.2 Å². The predicted molar refractivity (Wildman–Crippen MR) is 113 cm³/mol. The van der Waals surface area contributed by atoms with Crippen LogP contribution in [-0.2, 0) is 19.9 Å². The fourth-order valence-corrected chi connectivity index (χ4v) is 4.24. The van der Waals surface area contributed by atoms with Gasteiger partial charge in [0, 0.05) is 54.0 Å². The molecule has 2 amide bonds. The molecule has 1 spiro atoms. The molecule has 7 nitrogen and oxygen atoms in total. The average molecular weight is 414 g/mol. The van der Waals surface area contributed by atoms with Crippen LogP contribution in [0.25, 0.3) is 0 Å². The maximum absolute atomic E-state index is 12.8. The highest BCUT2D eigenvalue weighted by molar-refractivity contribution is 5.97. The second-order valence-electron chi connectivity index (χ2n) is 7.50. The fraction of sp³-hybridized carbons (Fsp3) is 0.125. The normalized spacial score (nSPS) is 14.6. The molecule has 2 N–H and O–H groups in total. The van der Waals surface area contributed by atoms with E-state index in [0.717, 1.165) is 0 Å². The van der Waals surface area contributed by atoms with Gasteiger partial charge in [0.05, 0.1) is 5.56 Å². The molecular weight excluding hydrogens is 396 g/mol. The van der Waals surface area contributed by atoms with Gasteiger partial charge in [0.2, 0.25) is 11.8 Å². The molecule has 2 heterocycles. The zero-order valence-corrected chi connectivity index (χ0v) is 16.8. The van der Waals surface area contributed by atoms with E-state index in [1.54, 1.807) is 48.5 Å². The van der Waals surface area contributed by atoms with Crippen LogP contribution < -0.4 is 15.4 Å². The van der Waals surface area contributed by atoms with Crippen LogP contribution in [0.4, 0.5) is 11.4 Å². The highest BCUT2D eigenvalue weighted by atomic mass is 16.6. The van der Waals surface area contributed by atoms with Crippen LogP contribution in [0.3, 0.4) is 0 Å². The van der Waals surface area contributed by atoms with Gasteiger partial charge in [-0.1, -0.05) is 18.2 Å². The second kappa shape index (κ2) is 6.70. The quantitative estimate of drug-likeness (QED) is 0.614. The van der Waals surface area contributed by atoms with Crippen molar-refractivity contribution in [1.29, 1.82) is 0 Å². The van der Waals surface area contributed by atoms with Gasteiger partial charge < -0.3 is 20.1 Å². The summed E-state index contributed by atoms with van der Waals surface area (Å²) in [5.41, 5.74) is 2.42. The fourth-order valence-electron chi connectivity index (χ4n) is 4.24. The average Bonchev–Trinajstić information content (AvgIpc) is 3.00. The number of nitrogens with one attached hydrogen (secondary N) is 2. The smallest absolute Gasteiger partial charge is 0.340 e. The van der Waals surface area contributed by atoms with Gasteiger partial charge in [0.25, 0.3) is 0 Å². The summed E-state index contributed by atoms with van der Waals surface area (Å²) in [5.74, 6) is 0.0469. The number of hydrogen-bond acceptors (Lipinski definition) is 5. The number of benzene rings is 3. The second-order valence-corrected chi connectivity index (χ2v) is 7.50. The summed E-state index contributed by atoms with van der Waals surface area (Å²) in [6.45, 7) is 2.84. The van der Waals surface area contributed by atoms with E-state index in [2.05, 4.69) is 10.6 Å². The lowest BCUT2D eigenvalue weighted by atomic mass is 9.77. The molecule has 0 aromatic heterocycles. The van der Waals surface area contributed by atoms with Gasteiger partial charge in [-0.25, -0.2) is 4.79 Å². The largest absolute Gasteiger partial charge is 0.456 e. The van der Waals surface area contributed by atoms with Crippen LogP contribution in [0.15, 0.2) is 60.7 Å². The first-order valence-electron chi connectivity index (χ1n) is 9.73. The molecule has 0 saturated carbocycles. The van der Waals surface area contributed by atoms with E-state index < -0.39 is 11.6 Å². The van der Waals surface area contributed by atoms with Crippen molar-refractivity contribution in [3.63, 3.8) is 0 Å². The molecule has 0 fully saturated rings. The summed E-state index contributed by atoms with van der Waals surface area (Å²) in [7, 11) is 0. The molecule has 0 aliphatic carbocycles. The molecule has 5 rings (SSSR count). The Morgan fingerprint density at radius 1 is 0.774 bits per heavy atom. The highest BCUT2D eigenvalue weighted by Gasteiger charge is 2.53. The molecule has 3 aromatic carbocycles. The Kier molecular flexibility index (Phi) is 4.08. The zero-order chi connectivity index (χ0) is 21.8. The minimum atomic E-state index is -1.19. The Morgan fingerprint density at radius 3 is 1.87 bits per heavy atom. The zero-order valence-electron chi connectivity index (χ0n) is 16.8. The molecule has 2 aliphatic rings. The molecule has 31 heavy (non-hydrogen) atoms. The minimum Gasteiger partial charge on any atom is -0.456 e. The SMILES string of the molecule is CC(=O)Nc1ccc2c(c1)Oc1cc(NC(C)=O)ccc1C21OC(=O)c2ccccc21. The van der Waals surface area contributed by atoms with E-state index in [-0.39, 0.29) is 11.8 Å². The maximum atomic E-state index is 12.8. The summed E-state index contributed by atoms with van der Waals surface area (Å²) >= 11 is 0. The Hall–Kier alpha value is -4.13. The first-order chi connectivity index (χ1) is 14.9. The molecule has 0 atom stereocenters. The number of anilines is 2. The minimum absolute atomic E-state index is 0.212. The van der Waals surface area contributed by atoms with Gasteiger partial charge in [0.1, 0.15) is 11.5 Å². The lowest BCUT2D eigenvalue weighted by molar-refractivity contribution is -0.115. The number of carbonyl (C=O) groups is 3. The molecular formula is C24H18N2O5. The summed E-state index contributed by atoms with van der Waals surface area (Å²) in [6.07, 6.45) is 0. The van der Waals surface area contributed by atoms with Crippen molar-refractivity contribution in [2.75, 3.05) is 10.6 Å². The number of hydrogen-bond donors (Lipinski definition) is 2. The Morgan fingerprint density at radius 2 is 1.32 bits per heavy atom. The molecule has 3 aromatic rings. The Balaban J connectivity index is 1.76. The van der Waals surface area contributed by atoms with Crippen LogP contribution in [-0.4, -0.2) is 17.8 Å². The number of ether oxygens (including phenoxy) is 2. The van der Waals surface area contributed by atoms with Crippen LogP contribution >= 0.6 is 0 Å². The third kappa shape index (κ3) is 2.85. The van der Waals surface area contributed by atoms with E-state index in [0.29, 0.717) is 45.1 Å². The standard InChI is InChI=1S/C24H18N2O5/c1-13(27)25-15-7-9-19-21(11-15)30-22-12-16(26-14(2)28)8-10-20(22)24(19)18-6-4-3-5-17(18)23(29)31-24/h3-12H,1-2H3,(H,25,27)(H,26,28). The lowest BCUT2D eigenvalue weighted by Gasteiger charge is -2.36. The highest BCUT2D eigenvalue weighted by Crippen LogP contribution is 2.56. The van der Waals surface area contributed by atoms with Gasteiger partial charge in [-0.15, -0.1) is 0 Å². The predicted octanol–water partition coefficient (Wildman–Crippen LogP) is 4.17. The molecule has 0 unspecified atom stereocenters. The van der Waals surface area contributed by atoms with E-state index in [1.165, 1.54) is 13.8 Å². The van der Waals surface area contributed by atoms with Crippen molar-refractivity contribution in [2.45, 2.75) is 19.4 Å². The first-order valence-corrected chi connectivity index (χ1v) is 9.73. The lowest BCUT2D eigenvalue weighted by Crippen LogP contribution is -2.33. The number of carbonyl (C=O) groups excluding carboxylic acids is 3. The topological polar surface area (TPSA) is 93.7 Å². The third-order valence-corrected chi connectivity index (χ3v) is 5.35. The summed E-state index contributed by atoms with van der Waals surface area (Å²) in [6, 6.07) is 17.7. The van der Waals surface area contributed by atoms with Crippen LogP contribution in [0.2, 0.25) is 0 Å². The van der Waals surface area contributed by atoms with E-state index in [1.807, 2.05) is 12.1 Å². The molecule has 0 radical (unpaired) electrons. The van der Waals surface area contributed by atoms with Crippen molar-refractivity contribution in [1.82, 2.24) is 0 Å². The number of fused-ring (bicyclic) bond motifs is 6. The maximum Gasteiger partial charge on any atom is 0.340 e. The van der Waals surface area contributed by atoms with Gasteiger partial charge in [-0.2, -0.15) is 0 Å². The van der Waals surface area contributed by atoms with Crippen LogP contribution in [0.1, 0.15) is 40.9 Å². The summed E-state index contributed by atoms with van der Waals surface area (Å²) < 4.78 is 12.2. The van der Waals surface area contributed by atoms with Gasteiger partial charge >= 0.3 is 5.97 Å². The van der Waals surface area contributed by atoms with Gasteiger partial charge in [0.15, 0.2) is 5.60 Å². The van der Waals surface area contributed by atoms with E-state index in [4.69, 9.17) is 9.47 Å². The van der Waals surface area contributed by atoms with Gasteiger partial charge in [-0.05, 0) is 30.3 Å². The number of rotatable bonds is 2. The molecule has 0 saturated heterocycles. The summed E-state index contributed by atoms with van der Waals surface area (Å²) in [4.78, 5) is 35.9. The van der Waals surface area contributed by atoms with Gasteiger partial charge in [-0.3, -0.25) is 9.59 Å². The first kappa shape index (κ1) is 18.9. The summed E-state index contributed by atoms with van der Waals surface area (Å²) in [5, 5.41) is 5.48.